The van der Waals surface area contributed by atoms with Gasteiger partial charge in [0.1, 0.15) is 5.82 Å². The third kappa shape index (κ3) is 2.69. The topological polar surface area (TPSA) is 66.9 Å². The van der Waals surface area contributed by atoms with Crippen LogP contribution in [0.3, 0.4) is 0 Å². The Morgan fingerprint density at radius 1 is 1.29 bits per heavy atom. The first kappa shape index (κ1) is 12.9. The minimum Gasteiger partial charge on any atom is -0.379 e. The van der Waals surface area contributed by atoms with E-state index in [9.17, 15) is 0 Å². The molecule has 6 nitrogen and oxygen atoms in total. The molecule has 2 aromatic heterocycles. The summed E-state index contributed by atoms with van der Waals surface area (Å²) >= 11 is 0. The highest BCUT2D eigenvalue weighted by atomic mass is 16.5. The van der Waals surface area contributed by atoms with E-state index in [1.54, 1.807) is 6.20 Å². The van der Waals surface area contributed by atoms with E-state index in [0.29, 0.717) is 5.92 Å². The van der Waals surface area contributed by atoms with E-state index in [-0.39, 0.29) is 6.04 Å². The van der Waals surface area contributed by atoms with Gasteiger partial charge in [0.05, 0.1) is 19.3 Å². The van der Waals surface area contributed by atoms with Gasteiger partial charge in [0, 0.05) is 31.4 Å². The molecule has 2 aromatic rings. The zero-order valence-corrected chi connectivity index (χ0v) is 11.9. The standard InChI is InChI=1S/C15H19N5O/c1-2-12(10-16-5-1)13(20-6-8-21-9-7-20)15-17-14(18-19-15)11-3-4-11/h1-2,5,10-11,13H,3-4,6-9H2,(H,17,18,19). The monoisotopic (exact) mass is 285 g/mol. The maximum Gasteiger partial charge on any atom is 0.172 e. The molecule has 2 fully saturated rings. The van der Waals surface area contributed by atoms with Gasteiger partial charge in [0.25, 0.3) is 0 Å². The lowest BCUT2D eigenvalue weighted by atomic mass is 10.1. The lowest BCUT2D eigenvalue weighted by Crippen LogP contribution is -2.40. The van der Waals surface area contributed by atoms with E-state index in [2.05, 4.69) is 26.1 Å². The summed E-state index contributed by atoms with van der Waals surface area (Å²) in [5.74, 6) is 2.48. The number of pyridine rings is 1. The average molecular weight is 285 g/mol. The fraction of sp³-hybridized carbons (Fsp3) is 0.533. The van der Waals surface area contributed by atoms with Gasteiger partial charge < -0.3 is 4.74 Å². The van der Waals surface area contributed by atoms with Crippen LogP contribution in [0, 0.1) is 0 Å². The van der Waals surface area contributed by atoms with Crippen molar-refractivity contribution in [2.24, 2.45) is 0 Å². The van der Waals surface area contributed by atoms with Crippen molar-refractivity contribution in [3.63, 3.8) is 0 Å². The first-order chi connectivity index (χ1) is 10.4. The number of ether oxygens (including phenoxy) is 1. The van der Waals surface area contributed by atoms with Gasteiger partial charge in [-0.1, -0.05) is 6.07 Å². The Hall–Kier alpha value is -1.79. The van der Waals surface area contributed by atoms with E-state index < -0.39 is 0 Å². The van der Waals surface area contributed by atoms with Crippen LogP contribution in [0.4, 0.5) is 0 Å². The molecule has 110 valence electrons. The zero-order valence-electron chi connectivity index (χ0n) is 11.9. The summed E-state index contributed by atoms with van der Waals surface area (Å²) in [6, 6.07) is 4.13. The summed E-state index contributed by atoms with van der Waals surface area (Å²) in [6.07, 6.45) is 6.16. The lowest BCUT2D eigenvalue weighted by Gasteiger charge is -2.32. The fourth-order valence-corrected chi connectivity index (χ4v) is 2.85. The number of nitrogens with zero attached hydrogens (tertiary/aromatic N) is 4. The minimum absolute atomic E-state index is 0.0614. The molecular formula is C15H19N5O. The molecule has 0 bridgehead atoms. The molecule has 4 rings (SSSR count). The van der Waals surface area contributed by atoms with Crippen molar-refractivity contribution in [1.29, 1.82) is 0 Å². The Kier molecular flexibility index (Phi) is 3.40. The quantitative estimate of drug-likeness (QED) is 0.922. The summed E-state index contributed by atoms with van der Waals surface area (Å²) in [5.41, 5.74) is 1.14. The third-order valence-electron chi connectivity index (χ3n) is 4.14. The van der Waals surface area contributed by atoms with Gasteiger partial charge in [-0.2, -0.15) is 5.10 Å². The second-order valence-corrected chi connectivity index (χ2v) is 5.69. The van der Waals surface area contributed by atoms with Crippen molar-refractivity contribution < 1.29 is 4.74 Å². The third-order valence-corrected chi connectivity index (χ3v) is 4.14. The molecule has 1 unspecified atom stereocenters. The largest absolute Gasteiger partial charge is 0.379 e. The molecule has 1 aliphatic carbocycles. The van der Waals surface area contributed by atoms with Crippen LogP contribution >= 0.6 is 0 Å². The van der Waals surface area contributed by atoms with Gasteiger partial charge in [-0.05, 0) is 24.5 Å². The molecule has 0 radical (unpaired) electrons. The Labute approximate surface area is 123 Å². The molecule has 3 heterocycles. The van der Waals surface area contributed by atoms with Crippen LogP contribution in [-0.2, 0) is 4.74 Å². The highest BCUT2D eigenvalue weighted by Gasteiger charge is 2.31. The van der Waals surface area contributed by atoms with E-state index in [0.717, 1.165) is 43.5 Å². The van der Waals surface area contributed by atoms with Gasteiger partial charge in [-0.15, -0.1) is 0 Å². The number of rotatable bonds is 4. The summed E-state index contributed by atoms with van der Waals surface area (Å²) in [4.78, 5) is 11.4. The Morgan fingerprint density at radius 3 is 2.86 bits per heavy atom. The second-order valence-electron chi connectivity index (χ2n) is 5.69. The molecule has 0 aromatic carbocycles. The summed E-state index contributed by atoms with van der Waals surface area (Å²) in [6.45, 7) is 3.31. The molecule has 1 aliphatic heterocycles. The number of H-pyrrole nitrogens is 1. The summed E-state index contributed by atoms with van der Waals surface area (Å²) in [5, 5.41) is 7.60. The van der Waals surface area contributed by atoms with E-state index in [1.165, 1.54) is 12.8 Å². The number of aromatic amines is 1. The Bertz CT molecular complexity index is 589. The van der Waals surface area contributed by atoms with E-state index >= 15 is 0 Å². The summed E-state index contributed by atoms with van der Waals surface area (Å²) < 4.78 is 5.47. The lowest BCUT2D eigenvalue weighted by molar-refractivity contribution is 0.0224. The van der Waals surface area contributed by atoms with Crippen LogP contribution in [0.15, 0.2) is 24.5 Å². The number of nitrogens with one attached hydrogen (secondary N) is 1. The molecule has 1 atom stereocenters. The smallest absolute Gasteiger partial charge is 0.172 e. The molecule has 21 heavy (non-hydrogen) atoms. The Morgan fingerprint density at radius 2 is 2.14 bits per heavy atom. The normalized spacial score (nSPS) is 21.3. The van der Waals surface area contributed by atoms with E-state index in [1.807, 2.05) is 12.3 Å². The van der Waals surface area contributed by atoms with Crippen molar-refractivity contribution in [3.05, 3.63) is 41.7 Å². The predicted octanol–water partition coefficient (Wildman–Crippen LogP) is 1.50. The van der Waals surface area contributed by atoms with Gasteiger partial charge >= 0.3 is 0 Å². The number of hydrogen-bond acceptors (Lipinski definition) is 5. The first-order valence-corrected chi connectivity index (χ1v) is 7.56. The van der Waals surface area contributed by atoms with Crippen LogP contribution in [0.2, 0.25) is 0 Å². The van der Waals surface area contributed by atoms with Gasteiger partial charge in [-0.25, -0.2) is 4.98 Å². The molecule has 1 saturated heterocycles. The van der Waals surface area contributed by atoms with Crippen molar-refractivity contribution in [1.82, 2.24) is 25.1 Å². The number of morpholine rings is 1. The van der Waals surface area contributed by atoms with Crippen LogP contribution in [0.5, 0.6) is 0 Å². The van der Waals surface area contributed by atoms with Gasteiger partial charge in [0.2, 0.25) is 0 Å². The highest BCUT2D eigenvalue weighted by Crippen LogP contribution is 2.38. The van der Waals surface area contributed by atoms with Gasteiger partial charge in [-0.3, -0.25) is 15.0 Å². The molecule has 6 heteroatoms. The van der Waals surface area contributed by atoms with Gasteiger partial charge in [0.15, 0.2) is 5.82 Å². The maximum atomic E-state index is 5.47. The van der Waals surface area contributed by atoms with Crippen molar-refractivity contribution in [3.8, 4) is 0 Å². The number of hydrogen-bond donors (Lipinski definition) is 1. The van der Waals surface area contributed by atoms with Crippen LogP contribution in [0.25, 0.3) is 0 Å². The minimum atomic E-state index is 0.0614. The molecule has 0 spiro atoms. The molecule has 2 aliphatic rings. The average Bonchev–Trinajstić information content (AvgIpc) is 3.29. The number of aromatic nitrogens is 4. The second kappa shape index (κ2) is 5.54. The summed E-state index contributed by atoms with van der Waals surface area (Å²) in [7, 11) is 0. The highest BCUT2D eigenvalue weighted by molar-refractivity contribution is 5.22. The van der Waals surface area contributed by atoms with Crippen molar-refractivity contribution >= 4 is 0 Å². The first-order valence-electron chi connectivity index (χ1n) is 7.56. The molecule has 0 amide bonds. The predicted molar refractivity (Wildman–Crippen MR) is 76.8 cm³/mol. The molecular weight excluding hydrogens is 266 g/mol. The van der Waals surface area contributed by atoms with Crippen LogP contribution in [0.1, 0.15) is 42.0 Å². The molecule has 1 N–H and O–H groups in total. The van der Waals surface area contributed by atoms with Crippen LogP contribution in [-0.4, -0.2) is 51.4 Å². The SMILES string of the molecule is c1cncc(C(c2n[nH]c(C3CC3)n2)N2CCOCC2)c1. The zero-order chi connectivity index (χ0) is 14.1. The molecule has 1 saturated carbocycles. The van der Waals surface area contributed by atoms with E-state index in [4.69, 9.17) is 9.72 Å². The van der Waals surface area contributed by atoms with Crippen LogP contribution < -0.4 is 0 Å². The maximum absolute atomic E-state index is 5.47. The fourth-order valence-electron chi connectivity index (χ4n) is 2.85. The van der Waals surface area contributed by atoms with Crippen molar-refractivity contribution in [2.45, 2.75) is 24.8 Å². The van der Waals surface area contributed by atoms with Crippen molar-refractivity contribution in [2.75, 3.05) is 26.3 Å². The Balaban J connectivity index is 1.67.